The molecule has 2 aromatic rings. The molecule has 1 aliphatic rings. The predicted octanol–water partition coefficient (Wildman–Crippen LogP) is 3.87. The van der Waals surface area contributed by atoms with Crippen LogP contribution in [0.3, 0.4) is 0 Å². The summed E-state index contributed by atoms with van der Waals surface area (Å²) in [5.74, 6) is -0.477. The van der Waals surface area contributed by atoms with Crippen LogP contribution >= 0.6 is 0 Å². The van der Waals surface area contributed by atoms with E-state index in [0.29, 0.717) is 24.3 Å². The van der Waals surface area contributed by atoms with E-state index >= 15 is 0 Å². The van der Waals surface area contributed by atoms with E-state index in [0.717, 1.165) is 18.4 Å². The molecule has 1 saturated heterocycles. The SMILES string of the molecule is COc1cccc(C(c2ccc(OC)c(F)c2)N2CCCCC2C(=O)O)c1. The number of carboxylic acid groups (broad SMARTS) is 1. The van der Waals surface area contributed by atoms with Crippen molar-refractivity contribution in [2.75, 3.05) is 20.8 Å². The van der Waals surface area contributed by atoms with E-state index in [4.69, 9.17) is 9.47 Å². The summed E-state index contributed by atoms with van der Waals surface area (Å²) < 4.78 is 24.8. The molecule has 0 amide bonds. The largest absolute Gasteiger partial charge is 0.497 e. The topological polar surface area (TPSA) is 59.0 Å². The molecule has 0 aromatic heterocycles. The molecule has 2 unspecified atom stereocenters. The van der Waals surface area contributed by atoms with Crippen LogP contribution in [0.2, 0.25) is 0 Å². The molecule has 27 heavy (non-hydrogen) atoms. The molecule has 0 aliphatic carbocycles. The van der Waals surface area contributed by atoms with Crippen LogP contribution in [-0.4, -0.2) is 42.8 Å². The number of carboxylic acids is 1. The number of rotatable bonds is 6. The number of piperidine rings is 1. The lowest BCUT2D eigenvalue weighted by molar-refractivity contribution is -0.145. The van der Waals surface area contributed by atoms with E-state index in [-0.39, 0.29) is 11.8 Å². The Morgan fingerprint density at radius 3 is 2.59 bits per heavy atom. The van der Waals surface area contributed by atoms with Gasteiger partial charge in [0.25, 0.3) is 0 Å². The first kappa shape index (κ1) is 19.2. The Hall–Kier alpha value is -2.60. The minimum Gasteiger partial charge on any atom is -0.497 e. The molecule has 2 aromatic carbocycles. The summed E-state index contributed by atoms with van der Waals surface area (Å²) in [6.07, 6.45) is 2.35. The summed E-state index contributed by atoms with van der Waals surface area (Å²) >= 11 is 0. The Morgan fingerprint density at radius 2 is 1.93 bits per heavy atom. The van der Waals surface area contributed by atoms with Gasteiger partial charge in [-0.25, -0.2) is 4.39 Å². The molecule has 144 valence electrons. The van der Waals surface area contributed by atoms with Gasteiger partial charge < -0.3 is 14.6 Å². The van der Waals surface area contributed by atoms with E-state index in [2.05, 4.69) is 0 Å². The Morgan fingerprint density at radius 1 is 1.15 bits per heavy atom. The van der Waals surface area contributed by atoms with Crippen LogP contribution in [0.25, 0.3) is 0 Å². The highest BCUT2D eigenvalue weighted by atomic mass is 19.1. The minimum atomic E-state index is -0.850. The second-order valence-corrected chi connectivity index (χ2v) is 6.66. The number of ether oxygens (including phenoxy) is 2. The van der Waals surface area contributed by atoms with Gasteiger partial charge in [-0.3, -0.25) is 9.69 Å². The molecule has 1 heterocycles. The van der Waals surface area contributed by atoms with Crippen LogP contribution in [0.15, 0.2) is 42.5 Å². The second-order valence-electron chi connectivity index (χ2n) is 6.66. The zero-order chi connectivity index (χ0) is 19.4. The van der Waals surface area contributed by atoms with Crippen LogP contribution < -0.4 is 9.47 Å². The maximum Gasteiger partial charge on any atom is 0.320 e. The molecule has 2 atom stereocenters. The van der Waals surface area contributed by atoms with Gasteiger partial charge >= 0.3 is 5.97 Å². The molecule has 0 spiro atoms. The van der Waals surface area contributed by atoms with E-state index in [1.807, 2.05) is 29.2 Å². The van der Waals surface area contributed by atoms with Crippen molar-refractivity contribution in [3.05, 3.63) is 59.4 Å². The number of likely N-dealkylation sites (tertiary alicyclic amines) is 1. The minimum absolute atomic E-state index is 0.163. The number of methoxy groups -OCH3 is 2. The molecular formula is C21H24FNO4. The number of nitrogens with zero attached hydrogens (tertiary/aromatic N) is 1. The van der Waals surface area contributed by atoms with Crippen molar-refractivity contribution in [2.45, 2.75) is 31.3 Å². The van der Waals surface area contributed by atoms with Crippen LogP contribution in [0.1, 0.15) is 36.4 Å². The lowest BCUT2D eigenvalue weighted by Gasteiger charge is -2.39. The van der Waals surface area contributed by atoms with Crippen molar-refractivity contribution < 1.29 is 23.8 Å². The van der Waals surface area contributed by atoms with Gasteiger partial charge in [0.05, 0.1) is 20.3 Å². The lowest BCUT2D eigenvalue weighted by Crippen LogP contribution is -2.46. The van der Waals surface area contributed by atoms with Gasteiger partial charge in [0.2, 0.25) is 0 Å². The molecule has 1 N–H and O–H groups in total. The highest BCUT2D eigenvalue weighted by molar-refractivity contribution is 5.73. The van der Waals surface area contributed by atoms with Crippen molar-refractivity contribution in [2.24, 2.45) is 0 Å². The first-order valence-corrected chi connectivity index (χ1v) is 9.01. The molecule has 6 heteroatoms. The normalized spacial score (nSPS) is 18.7. The summed E-state index contributed by atoms with van der Waals surface area (Å²) in [7, 11) is 3.00. The van der Waals surface area contributed by atoms with Crippen LogP contribution in [-0.2, 0) is 4.79 Å². The fourth-order valence-corrected chi connectivity index (χ4v) is 3.77. The fourth-order valence-electron chi connectivity index (χ4n) is 3.77. The van der Waals surface area contributed by atoms with Gasteiger partial charge in [-0.2, -0.15) is 0 Å². The van der Waals surface area contributed by atoms with Crippen molar-refractivity contribution in [1.29, 1.82) is 0 Å². The van der Waals surface area contributed by atoms with E-state index in [1.54, 1.807) is 19.2 Å². The second kappa shape index (κ2) is 8.39. The molecule has 3 rings (SSSR count). The van der Waals surface area contributed by atoms with Crippen LogP contribution in [0.4, 0.5) is 4.39 Å². The van der Waals surface area contributed by atoms with Crippen molar-refractivity contribution in [3.63, 3.8) is 0 Å². The standard InChI is InChI=1S/C21H24FNO4/c1-26-16-7-5-6-14(12-16)20(15-9-10-19(27-2)17(22)13-15)23-11-4-3-8-18(23)21(24)25/h5-7,9-10,12-13,18,20H,3-4,8,11H2,1-2H3,(H,24,25). The third-order valence-electron chi connectivity index (χ3n) is 5.06. The zero-order valence-corrected chi connectivity index (χ0v) is 15.5. The zero-order valence-electron chi connectivity index (χ0n) is 15.5. The number of halogens is 1. The predicted molar refractivity (Wildman–Crippen MR) is 99.8 cm³/mol. The maximum atomic E-state index is 14.4. The maximum absolute atomic E-state index is 14.4. The van der Waals surface area contributed by atoms with Gasteiger partial charge in [0.1, 0.15) is 11.8 Å². The van der Waals surface area contributed by atoms with E-state index < -0.39 is 17.8 Å². The Bertz CT molecular complexity index is 811. The Kier molecular flexibility index (Phi) is 5.96. The lowest BCUT2D eigenvalue weighted by atomic mass is 9.91. The summed E-state index contributed by atoms with van der Waals surface area (Å²) in [4.78, 5) is 13.8. The third kappa shape index (κ3) is 4.06. The number of hydrogen-bond donors (Lipinski definition) is 1. The summed E-state index contributed by atoms with van der Waals surface area (Å²) in [6, 6.07) is 11.3. The van der Waals surface area contributed by atoms with Crippen molar-refractivity contribution in [1.82, 2.24) is 4.90 Å². The molecule has 5 nitrogen and oxygen atoms in total. The van der Waals surface area contributed by atoms with Crippen LogP contribution in [0, 0.1) is 5.82 Å². The quantitative estimate of drug-likeness (QED) is 0.833. The smallest absolute Gasteiger partial charge is 0.320 e. The Labute approximate surface area is 158 Å². The third-order valence-corrected chi connectivity index (χ3v) is 5.06. The number of hydrogen-bond acceptors (Lipinski definition) is 4. The van der Waals surface area contributed by atoms with Gasteiger partial charge in [0.15, 0.2) is 11.6 Å². The molecule has 1 aliphatic heterocycles. The monoisotopic (exact) mass is 373 g/mol. The summed E-state index contributed by atoms with van der Waals surface area (Å²) in [6.45, 7) is 0.631. The first-order chi connectivity index (χ1) is 13.0. The van der Waals surface area contributed by atoms with E-state index in [9.17, 15) is 14.3 Å². The van der Waals surface area contributed by atoms with Gasteiger partial charge in [0, 0.05) is 0 Å². The Balaban J connectivity index is 2.10. The van der Waals surface area contributed by atoms with Gasteiger partial charge in [-0.05, 0) is 54.8 Å². The number of benzene rings is 2. The summed E-state index contributed by atoms with van der Waals surface area (Å²) in [5.41, 5.74) is 1.56. The molecule has 1 fully saturated rings. The number of carbonyl (C=O) groups is 1. The van der Waals surface area contributed by atoms with E-state index in [1.165, 1.54) is 13.2 Å². The van der Waals surface area contributed by atoms with Gasteiger partial charge in [-0.1, -0.05) is 24.6 Å². The average Bonchev–Trinajstić information content (AvgIpc) is 2.69. The molecule has 0 saturated carbocycles. The average molecular weight is 373 g/mol. The van der Waals surface area contributed by atoms with Crippen molar-refractivity contribution >= 4 is 5.97 Å². The highest BCUT2D eigenvalue weighted by Gasteiger charge is 2.35. The fraction of sp³-hybridized carbons (Fsp3) is 0.381. The first-order valence-electron chi connectivity index (χ1n) is 9.01. The molecule has 0 bridgehead atoms. The highest BCUT2D eigenvalue weighted by Crippen LogP contribution is 2.36. The summed E-state index contributed by atoms with van der Waals surface area (Å²) in [5, 5.41) is 9.73. The van der Waals surface area contributed by atoms with Crippen LogP contribution in [0.5, 0.6) is 11.5 Å². The molecule has 0 radical (unpaired) electrons. The number of aliphatic carboxylic acids is 1. The van der Waals surface area contributed by atoms with Gasteiger partial charge in [-0.15, -0.1) is 0 Å². The molecular weight excluding hydrogens is 349 g/mol. The van der Waals surface area contributed by atoms with Crippen molar-refractivity contribution in [3.8, 4) is 11.5 Å².